The number of amides is 2. The van der Waals surface area contributed by atoms with Crippen LogP contribution in [0.5, 0.6) is 17.2 Å². The Bertz CT molecular complexity index is 3170. The Kier molecular flexibility index (Phi) is 27.9. The van der Waals surface area contributed by atoms with Crippen LogP contribution in [0.1, 0.15) is 111 Å². The van der Waals surface area contributed by atoms with E-state index in [0.717, 1.165) is 18.9 Å². The van der Waals surface area contributed by atoms with Crippen LogP contribution in [-0.2, 0) is 61.9 Å². The number of aliphatic hydroxyl groups excluding tert-OH is 4. The molecule has 0 radical (unpaired) electrons. The van der Waals surface area contributed by atoms with Gasteiger partial charge in [0.2, 0.25) is 23.1 Å². The number of hydrogen-bond donors (Lipinski definition) is 7. The first-order valence-electron chi connectivity index (χ1n) is 31.0. The molecule has 0 saturated carbocycles. The first kappa shape index (κ1) is 78.2. The van der Waals surface area contributed by atoms with Crippen LogP contribution in [0.25, 0.3) is 0 Å². The van der Waals surface area contributed by atoms with E-state index < -0.39 is 149 Å². The lowest BCUT2D eigenvalue weighted by Gasteiger charge is -2.47. The van der Waals surface area contributed by atoms with Gasteiger partial charge in [-0.05, 0) is 88.8 Å². The smallest absolute Gasteiger partial charge is 0.411 e. The average Bonchev–Trinajstić information content (AvgIpc) is 0.761. The summed E-state index contributed by atoms with van der Waals surface area (Å²) in [5, 5.41) is 59.9. The molecular formula is C65H90IN3O23S3. The van der Waals surface area contributed by atoms with E-state index in [4.69, 9.17) is 61.7 Å². The van der Waals surface area contributed by atoms with Gasteiger partial charge in [0.1, 0.15) is 42.4 Å². The molecule has 30 heteroatoms. The molecule has 26 nitrogen and oxygen atoms in total. The number of thioether (sulfide) groups is 1. The van der Waals surface area contributed by atoms with Gasteiger partial charge in [-0.2, -0.15) is 5.48 Å². The van der Waals surface area contributed by atoms with Gasteiger partial charge in [0.05, 0.1) is 97.0 Å². The Morgan fingerprint density at radius 1 is 0.853 bits per heavy atom. The molecule has 17 unspecified atom stereocenters. The van der Waals surface area contributed by atoms with Gasteiger partial charge in [-0.25, -0.2) is 4.79 Å². The fourth-order valence-corrected chi connectivity index (χ4v) is 15.9. The van der Waals surface area contributed by atoms with Crippen molar-refractivity contribution in [1.82, 2.24) is 15.7 Å². The zero-order chi connectivity index (χ0) is 70.2. The van der Waals surface area contributed by atoms with Crippen LogP contribution in [0.2, 0.25) is 0 Å². The first-order valence-corrected chi connectivity index (χ1v) is 35.3. The summed E-state index contributed by atoms with van der Waals surface area (Å²) in [6.45, 7) is 19.7. The number of nitrogens with zero attached hydrogens (tertiary/aromatic N) is 1. The lowest BCUT2D eigenvalue weighted by molar-refractivity contribution is -0.337. The molecule has 4 heterocycles. The summed E-state index contributed by atoms with van der Waals surface area (Å²) in [7, 11) is 9.50. The molecule has 1 aromatic carbocycles. The van der Waals surface area contributed by atoms with Crippen LogP contribution >= 0.6 is 55.9 Å². The number of allylic oxidation sites excluding steroid dienone is 3. The lowest BCUT2D eigenvalue weighted by Crippen LogP contribution is -2.65. The van der Waals surface area contributed by atoms with Crippen molar-refractivity contribution in [3.63, 3.8) is 0 Å². The highest BCUT2D eigenvalue weighted by atomic mass is 127. The monoisotopic (exact) mass is 1500 g/mol. The minimum absolute atomic E-state index is 0.00733. The zero-order valence-electron chi connectivity index (χ0n) is 56.2. The van der Waals surface area contributed by atoms with Gasteiger partial charge in [-0.3, -0.25) is 29.3 Å². The molecule has 95 heavy (non-hydrogen) atoms. The number of halogens is 1. The van der Waals surface area contributed by atoms with Crippen LogP contribution in [0.15, 0.2) is 35.1 Å². The van der Waals surface area contributed by atoms with Crippen molar-refractivity contribution in [2.75, 3.05) is 54.5 Å². The Balaban J connectivity index is 1.15. The first-order chi connectivity index (χ1) is 44.8. The number of fused-ring (bicyclic) bond motifs is 2. The molecule has 4 fully saturated rings. The third-order valence-corrected chi connectivity index (χ3v) is 22.8. The normalized spacial score (nSPS) is 33.4. The van der Waals surface area contributed by atoms with Gasteiger partial charge >= 0.3 is 6.09 Å². The number of nitrogens with one attached hydrogen (secondary N) is 2. The van der Waals surface area contributed by atoms with E-state index in [1.54, 1.807) is 38.7 Å². The summed E-state index contributed by atoms with van der Waals surface area (Å²) in [6.07, 6.45) is -15.1. The van der Waals surface area contributed by atoms with Crippen molar-refractivity contribution in [1.29, 1.82) is 0 Å². The molecule has 2 amide bonds. The fourth-order valence-electron chi connectivity index (χ4n) is 11.8. The van der Waals surface area contributed by atoms with Crippen molar-refractivity contribution in [3.8, 4) is 40.9 Å². The maximum atomic E-state index is 14.5. The Labute approximate surface area is 580 Å². The van der Waals surface area contributed by atoms with Crippen LogP contribution in [-0.4, -0.2) is 234 Å². The number of rotatable bonds is 24. The van der Waals surface area contributed by atoms with E-state index in [1.165, 1.54) is 69.1 Å². The molecule has 2 bridgehead atoms. The lowest BCUT2D eigenvalue weighted by atomic mass is 9.75. The number of likely N-dealkylation sites (N-methyl/N-ethyl adjacent to an activating group) is 1. The van der Waals surface area contributed by atoms with Crippen LogP contribution < -0.4 is 25.0 Å². The maximum absolute atomic E-state index is 14.5. The predicted molar refractivity (Wildman–Crippen MR) is 359 cm³/mol. The number of hydrogen-bond acceptors (Lipinski definition) is 27. The third-order valence-electron chi connectivity index (χ3n) is 17.0. The van der Waals surface area contributed by atoms with Gasteiger partial charge in [-0.15, -0.1) is 0 Å². The second-order valence-corrected chi connectivity index (χ2v) is 30.5. The number of carbonyl (C=O) groups excluding carboxylic acids is 5. The molecule has 6 aliphatic rings. The van der Waals surface area contributed by atoms with Gasteiger partial charge < -0.3 is 87.3 Å². The van der Waals surface area contributed by atoms with Crippen molar-refractivity contribution in [2.24, 2.45) is 5.41 Å². The van der Waals surface area contributed by atoms with E-state index in [2.05, 4.69) is 34.5 Å². The second kappa shape index (κ2) is 33.8. The third kappa shape index (κ3) is 18.5. The van der Waals surface area contributed by atoms with E-state index in [9.17, 15) is 49.5 Å². The van der Waals surface area contributed by atoms with Crippen molar-refractivity contribution in [2.45, 2.75) is 222 Å². The molecule has 1 aromatic rings. The summed E-state index contributed by atoms with van der Waals surface area (Å²) in [5.41, 5.74) is 0.348. The SMILES string of the molecule is CCN(C(C)=O)C1COC(OC2C(O[C@H]3C#C/C=C\C#C[C@]4(O)CC(=O)C(NC(=O)OC)=C3/C4=C\CSSC(C)(C)CC(=O)C(C)(C)C)OC(C)C(NOC3CC(O)C(SC(=O)c4c(C)c(I)c(OC5OC(C)C(O)C(OC)C5O)c(OC)c4OC)C(C)O3)C2O)CC1OC. The molecular weight excluding hydrogens is 1410 g/mol. The number of Topliss-reactive ketones (excluding diaryl/α,β-unsaturated/α-hetero) is 2. The Morgan fingerprint density at radius 2 is 1.54 bits per heavy atom. The van der Waals surface area contributed by atoms with E-state index in [1.807, 2.05) is 64.1 Å². The van der Waals surface area contributed by atoms with Crippen LogP contribution in [0, 0.1) is 39.6 Å². The van der Waals surface area contributed by atoms with E-state index in [-0.39, 0.29) is 83.0 Å². The molecule has 4 saturated heterocycles. The largest absolute Gasteiger partial charge is 0.492 e. The number of methoxy groups -OCH3 is 5. The highest BCUT2D eigenvalue weighted by molar-refractivity contribution is 14.1. The van der Waals surface area contributed by atoms with Gasteiger partial charge in [0, 0.05) is 74.0 Å². The highest BCUT2D eigenvalue weighted by Gasteiger charge is 2.53. The van der Waals surface area contributed by atoms with Gasteiger partial charge in [0.25, 0.3) is 0 Å². The number of aliphatic hydroxyl groups is 5. The van der Waals surface area contributed by atoms with Gasteiger partial charge in [0.15, 0.2) is 41.8 Å². The van der Waals surface area contributed by atoms with Crippen LogP contribution in [0.3, 0.4) is 0 Å². The van der Waals surface area contributed by atoms with Crippen molar-refractivity contribution < 1.29 is 111 Å². The number of benzene rings is 1. The number of ether oxygens (including phenoxy) is 12. The van der Waals surface area contributed by atoms with Crippen molar-refractivity contribution in [3.05, 3.63) is 49.8 Å². The molecule has 19 atom stereocenters. The molecule has 4 aliphatic heterocycles. The topological polar surface area (TPSA) is 334 Å². The standard InChI is InChI=1S/C65H90IN3O23S3/c1-17-69(35(6)70)37-30-85-43(27-41(37)80-12)90-56-51(75)48(68-92-44-26-38(71)58(34(5)86-44)94-59(77)45-31(2)47(66)54(57(83-15)53(45)81-13)91-60-52(76)55(82-14)50(74)33(4)88-60)32(3)87-61(56)89-40-22-20-18-19-21-24-65(79)28-39(72)49(67-62(78)84-16)46(40)36(65)23-25-93-95-64(10,11)29-42(73)63(7,8)9/h18-19,23,32-34,37-38,40-41,43-44,48,50-52,55-56,58,60-61,68,71,74-76,79H,17,25-30H2,1-16H3,(H,67,78)/b19-18-,36-23+/t32?,33?,34?,37?,38?,40-,41?,43?,44?,48?,50?,51?,52?,55?,56?,58?,60?,61?,65-/m0/s1. The minimum atomic E-state index is -2.17. The summed E-state index contributed by atoms with van der Waals surface area (Å²) < 4.78 is 72.5. The number of ketones is 2. The number of alkyl carbamates (subject to hydrolysis) is 1. The Morgan fingerprint density at radius 3 is 2.16 bits per heavy atom. The molecule has 528 valence electrons. The maximum Gasteiger partial charge on any atom is 0.411 e. The molecule has 7 rings (SSSR count). The van der Waals surface area contributed by atoms with Crippen LogP contribution in [0.4, 0.5) is 4.79 Å². The molecule has 0 spiro atoms. The minimum Gasteiger partial charge on any atom is -0.492 e. The quantitative estimate of drug-likeness (QED) is 0.0236. The number of carbonyl (C=O) groups is 5. The average molecular weight is 1500 g/mol. The summed E-state index contributed by atoms with van der Waals surface area (Å²) in [4.78, 5) is 75.7. The number of hydroxylamine groups is 1. The summed E-state index contributed by atoms with van der Waals surface area (Å²) in [5.74, 6) is 11.0. The van der Waals surface area contributed by atoms with Gasteiger partial charge in [-0.1, -0.05) is 83.9 Å². The Hall–Kier alpha value is -4.11. The molecule has 7 N–H and O–H groups in total. The molecule has 2 aliphatic carbocycles. The second-order valence-electron chi connectivity index (χ2n) is 25.2. The molecule has 0 aromatic heterocycles. The van der Waals surface area contributed by atoms with E-state index in [0.29, 0.717) is 15.7 Å². The van der Waals surface area contributed by atoms with Crippen molar-refractivity contribution >= 4 is 84.6 Å². The fraction of sp³-hybridized carbons (Fsp3) is 0.677. The summed E-state index contributed by atoms with van der Waals surface area (Å²) >= 11 is 2.80. The van der Waals surface area contributed by atoms with E-state index >= 15 is 0 Å². The zero-order valence-corrected chi connectivity index (χ0v) is 60.8. The summed E-state index contributed by atoms with van der Waals surface area (Å²) in [6, 6.07) is -1.68. The predicted octanol–water partition coefficient (Wildman–Crippen LogP) is 4.96. The highest BCUT2D eigenvalue weighted by Crippen LogP contribution is 2.49.